The van der Waals surface area contributed by atoms with Crippen molar-refractivity contribution in [3.05, 3.63) is 35.1 Å². The average Bonchev–Trinajstić information content (AvgIpc) is 2.03. The number of carbonyl (C=O) groups is 1. The Kier molecular flexibility index (Phi) is 2.70. The first-order chi connectivity index (χ1) is 6.04. The molecular formula is C9H7F3O. The number of rotatable bonds is 2. The van der Waals surface area contributed by atoms with Gasteiger partial charge in [-0.2, -0.15) is 0 Å². The summed E-state index contributed by atoms with van der Waals surface area (Å²) in [7, 11) is 0. The van der Waals surface area contributed by atoms with E-state index in [1.165, 1.54) is 19.1 Å². The molecule has 0 radical (unpaired) electrons. The van der Waals surface area contributed by atoms with Crippen molar-refractivity contribution in [1.29, 1.82) is 0 Å². The molecule has 0 saturated carbocycles. The van der Waals surface area contributed by atoms with E-state index in [1.54, 1.807) is 0 Å². The van der Waals surface area contributed by atoms with Crippen LogP contribution in [0, 0.1) is 12.7 Å². The average molecular weight is 188 g/mol. The summed E-state index contributed by atoms with van der Waals surface area (Å²) in [4.78, 5) is 10.8. The zero-order valence-corrected chi connectivity index (χ0v) is 6.85. The summed E-state index contributed by atoms with van der Waals surface area (Å²) in [6.45, 7) is 1.42. The van der Waals surface area contributed by atoms with Crippen LogP contribution in [0.3, 0.4) is 0 Å². The van der Waals surface area contributed by atoms with Crippen molar-refractivity contribution in [2.45, 2.75) is 13.3 Å². The number of Topliss-reactive ketones (excluding diaryl/α,β-unsaturated/α-hetero) is 1. The lowest BCUT2D eigenvalue weighted by molar-refractivity contribution is 0.0673. The quantitative estimate of drug-likeness (QED) is 0.652. The third-order valence-corrected chi connectivity index (χ3v) is 1.67. The molecule has 0 spiro atoms. The van der Waals surface area contributed by atoms with E-state index >= 15 is 0 Å². The van der Waals surface area contributed by atoms with Crippen LogP contribution in [0.1, 0.15) is 15.9 Å². The summed E-state index contributed by atoms with van der Waals surface area (Å²) in [5.41, 5.74) is -0.289. The van der Waals surface area contributed by atoms with Crippen molar-refractivity contribution in [3.8, 4) is 0 Å². The van der Waals surface area contributed by atoms with Crippen molar-refractivity contribution >= 4 is 5.78 Å². The minimum absolute atomic E-state index is 0.227. The van der Waals surface area contributed by atoms with Gasteiger partial charge in [-0.1, -0.05) is 12.1 Å². The van der Waals surface area contributed by atoms with Crippen LogP contribution in [-0.2, 0) is 0 Å². The summed E-state index contributed by atoms with van der Waals surface area (Å²) in [6, 6.07) is 3.77. The molecule has 1 nitrogen and oxygen atoms in total. The molecular weight excluding hydrogens is 181 g/mol. The van der Waals surface area contributed by atoms with Crippen molar-refractivity contribution in [2.75, 3.05) is 0 Å². The molecule has 0 saturated heterocycles. The van der Waals surface area contributed by atoms with Crippen LogP contribution in [0.5, 0.6) is 0 Å². The van der Waals surface area contributed by atoms with E-state index in [9.17, 15) is 18.0 Å². The Morgan fingerprint density at radius 1 is 1.38 bits per heavy atom. The summed E-state index contributed by atoms with van der Waals surface area (Å²) in [5.74, 6) is -2.36. The van der Waals surface area contributed by atoms with Gasteiger partial charge in [0.1, 0.15) is 5.82 Å². The van der Waals surface area contributed by atoms with E-state index in [-0.39, 0.29) is 5.56 Å². The van der Waals surface area contributed by atoms with E-state index in [4.69, 9.17) is 0 Å². The molecule has 0 N–H and O–H groups in total. The molecule has 0 atom stereocenters. The first kappa shape index (κ1) is 9.77. The highest BCUT2D eigenvalue weighted by atomic mass is 19.3. The molecule has 1 rings (SSSR count). The fourth-order valence-corrected chi connectivity index (χ4v) is 1.05. The Bertz CT molecular complexity index is 313. The third kappa shape index (κ3) is 1.88. The smallest absolute Gasteiger partial charge is 0.288 e. The van der Waals surface area contributed by atoms with Crippen molar-refractivity contribution in [3.63, 3.8) is 0 Å². The Balaban J connectivity index is 3.20. The van der Waals surface area contributed by atoms with Crippen LogP contribution in [0.2, 0.25) is 0 Å². The summed E-state index contributed by atoms with van der Waals surface area (Å²) >= 11 is 0. The van der Waals surface area contributed by atoms with Gasteiger partial charge in [0.2, 0.25) is 5.78 Å². The first-order valence-electron chi connectivity index (χ1n) is 3.61. The van der Waals surface area contributed by atoms with Gasteiger partial charge in [-0.05, 0) is 18.6 Å². The van der Waals surface area contributed by atoms with Gasteiger partial charge in [-0.3, -0.25) is 4.79 Å². The molecule has 4 heteroatoms. The predicted octanol–water partition coefficient (Wildman–Crippen LogP) is 2.58. The number of halogens is 3. The van der Waals surface area contributed by atoms with E-state index in [0.29, 0.717) is 0 Å². The Morgan fingerprint density at radius 3 is 2.46 bits per heavy atom. The molecule has 0 bridgehead atoms. The molecule has 0 aliphatic rings. The van der Waals surface area contributed by atoms with Crippen LogP contribution in [0.15, 0.2) is 18.2 Å². The highest BCUT2D eigenvalue weighted by Crippen LogP contribution is 2.16. The Hall–Kier alpha value is -1.32. The van der Waals surface area contributed by atoms with Crippen molar-refractivity contribution < 1.29 is 18.0 Å². The summed E-state index contributed by atoms with van der Waals surface area (Å²) in [5, 5.41) is 0. The number of benzene rings is 1. The second kappa shape index (κ2) is 3.60. The Morgan fingerprint density at radius 2 is 2.00 bits per heavy atom. The normalized spacial score (nSPS) is 10.5. The van der Waals surface area contributed by atoms with Gasteiger partial charge in [0.25, 0.3) is 0 Å². The minimum atomic E-state index is -3.16. The van der Waals surface area contributed by atoms with Gasteiger partial charge < -0.3 is 0 Å². The molecule has 70 valence electrons. The van der Waals surface area contributed by atoms with Gasteiger partial charge in [0, 0.05) is 0 Å². The van der Waals surface area contributed by atoms with Crippen molar-refractivity contribution in [1.82, 2.24) is 0 Å². The molecule has 13 heavy (non-hydrogen) atoms. The molecule has 0 aliphatic heterocycles. The molecule has 0 aromatic heterocycles. The maximum atomic E-state index is 12.9. The predicted molar refractivity (Wildman–Crippen MR) is 41.5 cm³/mol. The van der Waals surface area contributed by atoms with Gasteiger partial charge >= 0.3 is 6.43 Å². The highest BCUT2D eigenvalue weighted by molar-refractivity contribution is 5.99. The topological polar surface area (TPSA) is 17.1 Å². The van der Waals surface area contributed by atoms with Crippen molar-refractivity contribution in [2.24, 2.45) is 0 Å². The van der Waals surface area contributed by atoms with Crippen LogP contribution >= 0.6 is 0 Å². The van der Waals surface area contributed by atoms with E-state index in [0.717, 1.165) is 6.07 Å². The first-order valence-corrected chi connectivity index (χ1v) is 3.61. The second-order valence-electron chi connectivity index (χ2n) is 2.60. The number of hydrogen-bond acceptors (Lipinski definition) is 1. The highest BCUT2D eigenvalue weighted by Gasteiger charge is 2.22. The molecule has 1 aromatic rings. The van der Waals surface area contributed by atoms with E-state index in [1.807, 2.05) is 0 Å². The fourth-order valence-electron chi connectivity index (χ4n) is 1.05. The lowest BCUT2D eigenvalue weighted by atomic mass is 10.0. The number of ketones is 1. The summed E-state index contributed by atoms with van der Waals surface area (Å²) in [6.07, 6.45) is -3.16. The van der Waals surface area contributed by atoms with Gasteiger partial charge in [-0.15, -0.1) is 0 Å². The largest absolute Gasteiger partial charge is 0.300 e. The molecule has 0 fully saturated rings. The molecule has 0 aliphatic carbocycles. The molecule has 0 unspecified atom stereocenters. The van der Waals surface area contributed by atoms with Crippen LogP contribution in [0.4, 0.5) is 13.2 Å². The standard InChI is InChI=1S/C9H7F3O/c1-5-3-2-4-6(10)7(5)8(13)9(11)12/h2-4,9H,1H3. The van der Waals surface area contributed by atoms with Gasteiger partial charge in [-0.25, -0.2) is 13.2 Å². The minimum Gasteiger partial charge on any atom is -0.288 e. The maximum absolute atomic E-state index is 12.9. The Labute approximate surface area is 73.2 Å². The number of alkyl halides is 2. The van der Waals surface area contributed by atoms with Crippen LogP contribution in [-0.4, -0.2) is 12.2 Å². The number of aryl methyl sites for hydroxylation is 1. The zero-order chi connectivity index (χ0) is 10.0. The maximum Gasteiger partial charge on any atom is 0.300 e. The third-order valence-electron chi connectivity index (χ3n) is 1.67. The molecule has 0 heterocycles. The number of hydrogen-bond donors (Lipinski definition) is 0. The summed E-state index contributed by atoms with van der Waals surface area (Å²) < 4.78 is 36.8. The van der Waals surface area contributed by atoms with Crippen LogP contribution < -0.4 is 0 Å². The molecule has 0 amide bonds. The molecule has 1 aromatic carbocycles. The second-order valence-corrected chi connectivity index (χ2v) is 2.60. The van der Waals surface area contributed by atoms with Crippen LogP contribution in [0.25, 0.3) is 0 Å². The van der Waals surface area contributed by atoms with Gasteiger partial charge in [0.15, 0.2) is 0 Å². The zero-order valence-electron chi connectivity index (χ0n) is 6.85. The lowest BCUT2D eigenvalue weighted by Gasteiger charge is -2.04. The van der Waals surface area contributed by atoms with E-state index < -0.39 is 23.6 Å². The number of carbonyl (C=O) groups excluding carboxylic acids is 1. The fraction of sp³-hybridized carbons (Fsp3) is 0.222. The SMILES string of the molecule is Cc1cccc(F)c1C(=O)C(F)F. The monoisotopic (exact) mass is 188 g/mol. The lowest BCUT2D eigenvalue weighted by Crippen LogP contribution is -2.13. The van der Waals surface area contributed by atoms with E-state index in [2.05, 4.69) is 0 Å². The van der Waals surface area contributed by atoms with Gasteiger partial charge in [0.05, 0.1) is 5.56 Å².